The summed E-state index contributed by atoms with van der Waals surface area (Å²) in [5.74, 6) is 0.918. The molecule has 0 aliphatic carbocycles. The van der Waals surface area contributed by atoms with Crippen LogP contribution in [0.1, 0.15) is 19.4 Å². The zero-order valence-electron chi connectivity index (χ0n) is 18.0. The highest BCUT2D eigenvalue weighted by atomic mass is 127. The van der Waals surface area contributed by atoms with Gasteiger partial charge < -0.3 is 25.6 Å². The summed E-state index contributed by atoms with van der Waals surface area (Å²) >= 11 is 0. The number of amides is 1. The average molecular weight is 530 g/mol. The third kappa shape index (κ3) is 7.59. The standard InChI is InChI=1S/C21H34N6O2.HI/c1-3-22-21(24-14-17(2)26-10-12-29-13-11-26)25-15-18-4-6-19(7-5-18)27-9-8-23-20(28)16-27;/h4-7,17H,3,8-16H2,1-2H3,(H,23,28)(H2,22,24,25);1H. The molecule has 2 fully saturated rings. The normalized spacial score (nSPS) is 18.9. The van der Waals surface area contributed by atoms with Crippen LogP contribution in [0.3, 0.4) is 0 Å². The van der Waals surface area contributed by atoms with E-state index in [1.54, 1.807) is 0 Å². The van der Waals surface area contributed by atoms with Gasteiger partial charge in [-0.2, -0.15) is 0 Å². The molecule has 1 amide bonds. The van der Waals surface area contributed by atoms with Crippen LogP contribution >= 0.6 is 24.0 Å². The summed E-state index contributed by atoms with van der Waals surface area (Å²) in [4.78, 5) is 20.8. The van der Waals surface area contributed by atoms with Crippen molar-refractivity contribution in [2.75, 3.05) is 63.9 Å². The van der Waals surface area contributed by atoms with Gasteiger partial charge in [0.25, 0.3) is 0 Å². The number of guanidine groups is 1. The Hall–Kier alpha value is -1.59. The number of carbonyl (C=O) groups excluding carboxylic acids is 1. The van der Waals surface area contributed by atoms with Crippen molar-refractivity contribution < 1.29 is 9.53 Å². The molecular weight excluding hydrogens is 495 g/mol. The van der Waals surface area contributed by atoms with E-state index < -0.39 is 0 Å². The number of carbonyl (C=O) groups is 1. The summed E-state index contributed by atoms with van der Waals surface area (Å²) in [5.41, 5.74) is 2.23. The molecule has 0 bridgehead atoms. The summed E-state index contributed by atoms with van der Waals surface area (Å²) < 4.78 is 5.43. The lowest BCUT2D eigenvalue weighted by Gasteiger charge is -2.32. The van der Waals surface area contributed by atoms with Gasteiger partial charge in [0.2, 0.25) is 5.91 Å². The number of aliphatic imine (C=N–C) groups is 1. The van der Waals surface area contributed by atoms with Crippen molar-refractivity contribution in [3.63, 3.8) is 0 Å². The summed E-state index contributed by atoms with van der Waals surface area (Å²) in [6, 6.07) is 8.76. The van der Waals surface area contributed by atoms with Crippen molar-refractivity contribution in [2.45, 2.75) is 26.4 Å². The second-order valence-corrected chi connectivity index (χ2v) is 7.51. The molecule has 2 aliphatic rings. The van der Waals surface area contributed by atoms with Crippen LogP contribution < -0.4 is 20.9 Å². The van der Waals surface area contributed by atoms with Crippen molar-refractivity contribution in [3.05, 3.63) is 29.8 Å². The van der Waals surface area contributed by atoms with Gasteiger partial charge in [-0.1, -0.05) is 12.1 Å². The van der Waals surface area contributed by atoms with Gasteiger partial charge in [0.15, 0.2) is 5.96 Å². The fourth-order valence-corrected chi connectivity index (χ4v) is 3.57. The first-order valence-corrected chi connectivity index (χ1v) is 10.6. The number of morpholine rings is 1. The second kappa shape index (κ2) is 13.0. The smallest absolute Gasteiger partial charge is 0.239 e. The summed E-state index contributed by atoms with van der Waals surface area (Å²) in [5, 5.41) is 9.64. The summed E-state index contributed by atoms with van der Waals surface area (Å²) in [7, 11) is 0. The molecule has 3 N–H and O–H groups in total. The molecule has 168 valence electrons. The van der Waals surface area contributed by atoms with Crippen molar-refractivity contribution >= 4 is 41.5 Å². The molecule has 2 saturated heterocycles. The number of anilines is 1. The molecule has 0 aromatic heterocycles. The first-order chi connectivity index (χ1) is 14.2. The number of benzene rings is 1. The van der Waals surface area contributed by atoms with E-state index >= 15 is 0 Å². The van der Waals surface area contributed by atoms with Gasteiger partial charge in [0, 0.05) is 51.0 Å². The number of halogens is 1. The molecule has 2 aliphatic heterocycles. The highest BCUT2D eigenvalue weighted by Crippen LogP contribution is 2.16. The van der Waals surface area contributed by atoms with Gasteiger partial charge in [0.05, 0.1) is 26.3 Å². The van der Waals surface area contributed by atoms with E-state index in [1.807, 2.05) is 0 Å². The Kier molecular flexibility index (Phi) is 10.7. The molecule has 0 saturated carbocycles. The fraction of sp³-hybridized carbons (Fsp3) is 0.619. The zero-order chi connectivity index (χ0) is 20.5. The van der Waals surface area contributed by atoms with E-state index in [1.165, 1.54) is 0 Å². The molecule has 1 unspecified atom stereocenters. The highest BCUT2D eigenvalue weighted by molar-refractivity contribution is 14.0. The van der Waals surface area contributed by atoms with Crippen LogP contribution in [0.5, 0.6) is 0 Å². The van der Waals surface area contributed by atoms with Crippen LogP contribution in [0.25, 0.3) is 0 Å². The zero-order valence-corrected chi connectivity index (χ0v) is 20.4. The maximum Gasteiger partial charge on any atom is 0.239 e. The third-order valence-corrected chi connectivity index (χ3v) is 5.34. The molecule has 1 aromatic carbocycles. The van der Waals surface area contributed by atoms with Gasteiger partial charge >= 0.3 is 0 Å². The highest BCUT2D eigenvalue weighted by Gasteiger charge is 2.17. The Morgan fingerprint density at radius 2 is 1.93 bits per heavy atom. The van der Waals surface area contributed by atoms with Crippen molar-refractivity contribution in [1.29, 1.82) is 0 Å². The number of piperazine rings is 1. The second-order valence-electron chi connectivity index (χ2n) is 7.51. The Bertz CT molecular complexity index is 679. The van der Waals surface area contributed by atoms with Crippen LogP contribution in [0.2, 0.25) is 0 Å². The van der Waals surface area contributed by atoms with E-state index in [0.29, 0.717) is 25.7 Å². The Morgan fingerprint density at radius 3 is 2.60 bits per heavy atom. The van der Waals surface area contributed by atoms with Crippen LogP contribution in [0.15, 0.2) is 29.3 Å². The van der Waals surface area contributed by atoms with Crippen LogP contribution in [-0.2, 0) is 16.1 Å². The molecule has 0 spiro atoms. The topological polar surface area (TPSA) is 81.2 Å². The molecule has 8 nitrogen and oxygen atoms in total. The van der Waals surface area contributed by atoms with Gasteiger partial charge in [-0.15, -0.1) is 24.0 Å². The Balaban J connectivity index is 0.00000320. The predicted octanol–water partition coefficient (Wildman–Crippen LogP) is 1.02. The Morgan fingerprint density at radius 1 is 1.20 bits per heavy atom. The minimum Gasteiger partial charge on any atom is -0.379 e. The quantitative estimate of drug-likeness (QED) is 0.278. The van der Waals surface area contributed by atoms with Crippen LogP contribution in [-0.4, -0.2) is 81.8 Å². The van der Waals surface area contributed by atoms with E-state index in [-0.39, 0.29) is 29.9 Å². The number of ether oxygens (including phenoxy) is 1. The SMILES string of the molecule is CCNC(=NCc1ccc(N2CCNC(=O)C2)cc1)NCC(C)N1CCOCC1.I. The summed E-state index contributed by atoms with van der Waals surface area (Å²) in [6.07, 6.45) is 0. The first kappa shape index (κ1) is 24.7. The minimum atomic E-state index is 0. The van der Waals surface area contributed by atoms with Crippen molar-refractivity contribution in [1.82, 2.24) is 20.9 Å². The minimum absolute atomic E-state index is 0. The molecular formula is C21H35IN6O2. The molecule has 1 aromatic rings. The van der Waals surface area contributed by atoms with Gasteiger partial charge in [0.1, 0.15) is 0 Å². The van der Waals surface area contributed by atoms with Gasteiger partial charge in [-0.05, 0) is 31.5 Å². The van der Waals surface area contributed by atoms with E-state index in [0.717, 1.165) is 63.1 Å². The molecule has 9 heteroatoms. The average Bonchev–Trinajstić information content (AvgIpc) is 2.76. The first-order valence-electron chi connectivity index (χ1n) is 10.6. The lowest BCUT2D eigenvalue weighted by atomic mass is 10.2. The van der Waals surface area contributed by atoms with E-state index in [4.69, 9.17) is 9.73 Å². The van der Waals surface area contributed by atoms with E-state index in [9.17, 15) is 4.79 Å². The lowest BCUT2D eigenvalue weighted by Crippen LogP contribution is -2.49. The number of hydrogen-bond donors (Lipinski definition) is 3. The molecule has 30 heavy (non-hydrogen) atoms. The largest absolute Gasteiger partial charge is 0.379 e. The lowest BCUT2D eigenvalue weighted by molar-refractivity contribution is -0.120. The van der Waals surface area contributed by atoms with Crippen molar-refractivity contribution in [3.8, 4) is 0 Å². The Labute approximate surface area is 196 Å². The molecule has 2 heterocycles. The third-order valence-electron chi connectivity index (χ3n) is 5.34. The van der Waals surface area contributed by atoms with E-state index in [2.05, 4.69) is 63.9 Å². The molecule has 3 rings (SSSR count). The van der Waals surface area contributed by atoms with Crippen LogP contribution in [0, 0.1) is 0 Å². The molecule has 0 radical (unpaired) electrons. The predicted molar refractivity (Wildman–Crippen MR) is 132 cm³/mol. The number of nitrogens with zero attached hydrogens (tertiary/aromatic N) is 3. The van der Waals surface area contributed by atoms with Gasteiger partial charge in [-0.3, -0.25) is 9.69 Å². The monoisotopic (exact) mass is 530 g/mol. The number of rotatable bonds is 7. The summed E-state index contributed by atoms with van der Waals surface area (Å²) in [6.45, 7) is 12.2. The number of nitrogens with one attached hydrogen (secondary N) is 3. The maximum atomic E-state index is 11.6. The number of hydrogen-bond acceptors (Lipinski definition) is 5. The van der Waals surface area contributed by atoms with Crippen molar-refractivity contribution in [2.24, 2.45) is 4.99 Å². The maximum absolute atomic E-state index is 11.6. The van der Waals surface area contributed by atoms with Crippen LogP contribution in [0.4, 0.5) is 5.69 Å². The van der Waals surface area contributed by atoms with Gasteiger partial charge in [-0.25, -0.2) is 4.99 Å². The fourth-order valence-electron chi connectivity index (χ4n) is 3.57. The molecule has 1 atom stereocenters.